The van der Waals surface area contributed by atoms with Crippen molar-refractivity contribution in [1.82, 2.24) is 5.32 Å². The Kier molecular flexibility index (Phi) is 3.92. The van der Waals surface area contributed by atoms with Crippen LogP contribution in [0.3, 0.4) is 0 Å². The summed E-state index contributed by atoms with van der Waals surface area (Å²) < 4.78 is 1.14. The lowest BCUT2D eigenvalue weighted by atomic mass is 10.3. The standard InChI is InChI=1S/C8H8Cl2N2OS/c1-11-8(13)12(14)5-2-3-6(9)7(10)4-5/h2-4,14H,1H3,(H,11,13). The zero-order chi connectivity index (χ0) is 10.7. The Labute approximate surface area is 97.5 Å². The number of benzene rings is 1. The van der Waals surface area contributed by atoms with E-state index < -0.39 is 0 Å². The van der Waals surface area contributed by atoms with Crippen LogP contribution in [0.15, 0.2) is 18.2 Å². The molecule has 14 heavy (non-hydrogen) atoms. The fourth-order valence-electron chi connectivity index (χ4n) is 0.840. The number of amides is 2. The minimum atomic E-state index is -0.341. The molecule has 0 fully saturated rings. The summed E-state index contributed by atoms with van der Waals surface area (Å²) in [7, 11) is 1.52. The summed E-state index contributed by atoms with van der Waals surface area (Å²) in [5.74, 6) is 0. The maximum absolute atomic E-state index is 11.2. The molecule has 1 N–H and O–H groups in total. The first-order chi connectivity index (χ1) is 6.56. The van der Waals surface area contributed by atoms with Crippen molar-refractivity contribution in [3.8, 4) is 0 Å². The predicted molar refractivity (Wildman–Crippen MR) is 62.4 cm³/mol. The van der Waals surface area contributed by atoms with Gasteiger partial charge in [-0.25, -0.2) is 9.10 Å². The molecule has 0 radical (unpaired) electrons. The number of halogens is 2. The summed E-state index contributed by atoms with van der Waals surface area (Å²) in [5, 5.41) is 3.25. The van der Waals surface area contributed by atoms with Crippen molar-refractivity contribution in [2.45, 2.75) is 0 Å². The third-order valence-corrected chi connectivity index (χ3v) is 2.71. The van der Waals surface area contributed by atoms with E-state index in [9.17, 15) is 4.79 Å². The fourth-order valence-corrected chi connectivity index (χ4v) is 1.36. The number of thiol groups is 1. The second-order valence-electron chi connectivity index (χ2n) is 2.47. The Morgan fingerprint density at radius 2 is 2.07 bits per heavy atom. The molecule has 76 valence electrons. The number of hydrogen-bond acceptors (Lipinski definition) is 2. The molecule has 0 aliphatic heterocycles. The SMILES string of the molecule is CNC(=O)N(S)c1ccc(Cl)c(Cl)c1. The number of carbonyl (C=O) groups excluding carboxylic acids is 1. The maximum atomic E-state index is 11.2. The molecule has 0 unspecified atom stereocenters. The van der Waals surface area contributed by atoms with Gasteiger partial charge in [-0.15, -0.1) is 0 Å². The van der Waals surface area contributed by atoms with Gasteiger partial charge in [0.15, 0.2) is 0 Å². The van der Waals surface area contributed by atoms with Crippen LogP contribution in [-0.2, 0) is 0 Å². The van der Waals surface area contributed by atoms with Crippen LogP contribution in [0, 0.1) is 0 Å². The van der Waals surface area contributed by atoms with Gasteiger partial charge in [-0.3, -0.25) is 0 Å². The molecule has 1 aromatic rings. The highest BCUT2D eigenvalue weighted by molar-refractivity contribution is 7.82. The number of hydrogen-bond donors (Lipinski definition) is 2. The first-order valence-electron chi connectivity index (χ1n) is 3.72. The van der Waals surface area contributed by atoms with Gasteiger partial charge in [-0.05, 0) is 18.2 Å². The van der Waals surface area contributed by atoms with Crippen molar-refractivity contribution < 1.29 is 4.79 Å². The average Bonchev–Trinajstić information content (AvgIpc) is 2.20. The minimum absolute atomic E-state index is 0.341. The van der Waals surface area contributed by atoms with Crippen molar-refractivity contribution in [3.63, 3.8) is 0 Å². The van der Waals surface area contributed by atoms with Crippen LogP contribution < -0.4 is 9.62 Å². The van der Waals surface area contributed by atoms with Gasteiger partial charge in [0.05, 0.1) is 15.7 Å². The zero-order valence-corrected chi connectivity index (χ0v) is 9.70. The number of urea groups is 1. The second-order valence-corrected chi connectivity index (χ2v) is 3.68. The van der Waals surface area contributed by atoms with Gasteiger partial charge in [-0.1, -0.05) is 36.0 Å². The summed E-state index contributed by atoms with van der Waals surface area (Å²) in [6.45, 7) is 0. The van der Waals surface area contributed by atoms with Crippen LogP contribution in [0.4, 0.5) is 10.5 Å². The lowest BCUT2D eigenvalue weighted by molar-refractivity contribution is 0.252. The highest BCUT2D eigenvalue weighted by Gasteiger charge is 2.10. The smallest absolute Gasteiger partial charge is 0.331 e. The summed E-state index contributed by atoms with van der Waals surface area (Å²) in [5.41, 5.74) is 0.557. The van der Waals surface area contributed by atoms with Gasteiger partial charge in [0, 0.05) is 7.05 Å². The van der Waals surface area contributed by atoms with E-state index in [2.05, 4.69) is 18.1 Å². The van der Waals surface area contributed by atoms with Crippen LogP contribution in [0.25, 0.3) is 0 Å². The predicted octanol–water partition coefficient (Wildman–Crippen LogP) is 2.98. The first kappa shape index (κ1) is 11.5. The van der Waals surface area contributed by atoms with Crippen molar-refractivity contribution in [2.75, 3.05) is 11.4 Å². The van der Waals surface area contributed by atoms with E-state index >= 15 is 0 Å². The molecule has 0 aliphatic rings. The second kappa shape index (κ2) is 4.77. The molecular formula is C8H8Cl2N2OS. The number of nitrogens with zero attached hydrogens (tertiary/aromatic N) is 1. The van der Waals surface area contributed by atoms with Crippen LogP contribution in [0.1, 0.15) is 0 Å². The van der Waals surface area contributed by atoms with E-state index in [1.54, 1.807) is 18.2 Å². The number of rotatable bonds is 1. The molecule has 2 amide bonds. The Morgan fingerprint density at radius 1 is 1.43 bits per heavy atom. The van der Waals surface area contributed by atoms with Crippen molar-refractivity contribution in [2.24, 2.45) is 0 Å². The molecule has 0 saturated carbocycles. The largest absolute Gasteiger partial charge is 0.340 e. The van der Waals surface area contributed by atoms with E-state index in [1.807, 2.05) is 0 Å². The highest BCUT2D eigenvalue weighted by Crippen LogP contribution is 2.27. The number of nitrogens with one attached hydrogen (secondary N) is 1. The molecule has 0 saturated heterocycles. The summed E-state index contributed by atoms with van der Waals surface area (Å²) in [4.78, 5) is 11.2. The molecule has 1 aromatic carbocycles. The maximum Gasteiger partial charge on any atom is 0.331 e. The van der Waals surface area contributed by atoms with Gasteiger partial charge in [-0.2, -0.15) is 0 Å². The topological polar surface area (TPSA) is 32.3 Å². The molecule has 0 atom stereocenters. The van der Waals surface area contributed by atoms with Crippen molar-refractivity contribution in [3.05, 3.63) is 28.2 Å². The Hall–Kier alpha value is -0.580. The van der Waals surface area contributed by atoms with Gasteiger partial charge >= 0.3 is 6.03 Å². The average molecular weight is 251 g/mol. The van der Waals surface area contributed by atoms with Gasteiger partial charge in [0.1, 0.15) is 0 Å². The highest BCUT2D eigenvalue weighted by atomic mass is 35.5. The van der Waals surface area contributed by atoms with E-state index in [-0.39, 0.29) is 6.03 Å². The van der Waals surface area contributed by atoms with Crippen LogP contribution in [0.5, 0.6) is 0 Å². The minimum Gasteiger partial charge on any atom is -0.340 e. The van der Waals surface area contributed by atoms with E-state index in [0.717, 1.165) is 4.31 Å². The third kappa shape index (κ3) is 2.47. The van der Waals surface area contributed by atoms with Gasteiger partial charge in [0.25, 0.3) is 0 Å². The molecule has 1 rings (SSSR count). The van der Waals surface area contributed by atoms with Crippen molar-refractivity contribution in [1.29, 1.82) is 0 Å². The normalized spacial score (nSPS) is 9.71. The lowest BCUT2D eigenvalue weighted by Crippen LogP contribution is -2.30. The van der Waals surface area contributed by atoms with Crippen LogP contribution >= 0.6 is 36.0 Å². The van der Waals surface area contributed by atoms with E-state index in [1.165, 1.54) is 7.05 Å². The van der Waals surface area contributed by atoms with Gasteiger partial charge in [0.2, 0.25) is 0 Å². The van der Waals surface area contributed by atoms with E-state index in [4.69, 9.17) is 23.2 Å². The molecular weight excluding hydrogens is 243 g/mol. The molecule has 0 aromatic heterocycles. The quantitative estimate of drug-likeness (QED) is 0.739. The molecule has 6 heteroatoms. The molecule has 0 aliphatic carbocycles. The first-order valence-corrected chi connectivity index (χ1v) is 4.87. The molecule has 0 bridgehead atoms. The Morgan fingerprint density at radius 3 is 2.57 bits per heavy atom. The molecule has 0 heterocycles. The summed E-state index contributed by atoms with van der Waals surface area (Å²) in [6.07, 6.45) is 0. The summed E-state index contributed by atoms with van der Waals surface area (Å²) >= 11 is 15.5. The lowest BCUT2D eigenvalue weighted by Gasteiger charge is -2.15. The Balaban J connectivity index is 2.96. The molecule has 0 spiro atoms. The van der Waals surface area contributed by atoms with Crippen LogP contribution in [0.2, 0.25) is 10.0 Å². The zero-order valence-electron chi connectivity index (χ0n) is 7.29. The molecule has 3 nitrogen and oxygen atoms in total. The number of carbonyl (C=O) groups is 1. The number of anilines is 1. The fraction of sp³-hybridized carbons (Fsp3) is 0.125. The van der Waals surface area contributed by atoms with E-state index in [0.29, 0.717) is 15.7 Å². The monoisotopic (exact) mass is 250 g/mol. The van der Waals surface area contributed by atoms with Crippen LogP contribution in [-0.4, -0.2) is 13.1 Å². The third-order valence-electron chi connectivity index (χ3n) is 1.55. The van der Waals surface area contributed by atoms with Gasteiger partial charge < -0.3 is 5.32 Å². The van der Waals surface area contributed by atoms with Crippen molar-refractivity contribution >= 4 is 47.7 Å². The summed E-state index contributed by atoms with van der Waals surface area (Å²) in [6, 6.07) is 4.47. The Bertz CT molecular complexity index is 359.